The van der Waals surface area contributed by atoms with Gasteiger partial charge in [-0.15, -0.1) is 0 Å². The first-order valence-electron chi connectivity index (χ1n) is 8.08. The van der Waals surface area contributed by atoms with Gasteiger partial charge in [0.05, 0.1) is 0 Å². The molecule has 21 heavy (non-hydrogen) atoms. The van der Waals surface area contributed by atoms with E-state index in [0.717, 1.165) is 32.5 Å². The van der Waals surface area contributed by atoms with Crippen LogP contribution in [-0.4, -0.2) is 22.6 Å². The van der Waals surface area contributed by atoms with E-state index in [-0.39, 0.29) is 6.04 Å². The minimum absolute atomic E-state index is 0.269. The van der Waals surface area contributed by atoms with Crippen molar-refractivity contribution < 1.29 is 0 Å². The lowest BCUT2D eigenvalue weighted by Crippen LogP contribution is -2.15. The van der Waals surface area contributed by atoms with Gasteiger partial charge in [-0.25, -0.2) is 0 Å². The predicted octanol–water partition coefficient (Wildman–Crippen LogP) is 3.19. The first-order valence-corrected chi connectivity index (χ1v) is 8.08. The standard InChI is InChI=1S/C18H27N3/c1-5-21-13(3)16(7-6-12(2)19)17-8-14-10-20(4)11-15(14)9-18(17)21/h8-9,12H,5-7,10-11,19H2,1-4H3. The molecular weight excluding hydrogens is 258 g/mol. The highest BCUT2D eigenvalue weighted by atomic mass is 15.1. The summed E-state index contributed by atoms with van der Waals surface area (Å²) in [6, 6.07) is 5.12. The van der Waals surface area contributed by atoms with Crippen LogP contribution in [-0.2, 0) is 26.1 Å². The third kappa shape index (κ3) is 2.49. The van der Waals surface area contributed by atoms with Gasteiger partial charge in [0.2, 0.25) is 0 Å². The van der Waals surface area contributed by atoms with E-state index in [1.807, 2.05) is 0 Å². The number of hydrogen-bond donors (Lipinski definition) is 1. The fourth-order valence-electron chi connectivity index (χ4n) is 3.71. The topological polar surface area (TPSA) is 34.2 Å². The minimum Gasteiger partial charge on any atom is -0.345 e. The predicted molar refractivity (Wildman–Crippen MR) is 89.5 cm³/mol. The van der Waals surface area contributed by atoms with Gasteiger partial charge in [-0.1, -0.05) is 0 Å². The molecule has 1 aromatic carbocycles. The lowest BCUT2D eigenvalue weighted by atomic mass is 10.0. The zero-order valence-electron chi connectivity index (χ0n) is 13.7. The molecule has 2 N–H and O–H groups in total. The zero-order chi connectivity index (χ0) is 15.1. The van der Waals surface area contributed by atoms with E-state index < -0.39 is 0 Å². The second-order valence-corrected chi connectivity index (χ2v) is 6.63. The molecule has 0 fully saturated rings. The van der Waals surface area contributed by atoms with E-state index in [4.69, 9.17) is 5.73 Å². The molecule has 0 saturated carbocycles. The number of nitrogens with two attached hydrogens (primary N) is 1. The van der Waals surface area contributed by atoms with Crippen LogP contribution in [0.2, 0.25) is 0 Å². The average molecular weight is 285 g/mol. The lowest BCUT2D eigenvalue weighted by Gasteiger charge is -2.07. The molecule has 1 aliphatic rings. The number of nitrogens with zero attached hydrogens (tertiary/aromatic N) is 2. The van der Waals surface area contributed by atoms with Crippen LogP contribution in [0.4, 0.5) is 0 Å². The van der Waals surface area contributed by atoms with E-state index in [1.54, 1.807) is 0 Å². The Hall–Kier alpha value is -1.32. The third-order valence-electron chi connectivity index (χ3n) is 4.82. The molecule has 0 bridgehead atoms. The van der Waals surface area contributed by atoms with Crippen LogP contribution in [0.1, 0.15) is 42.7 Å². The molecular formula is C18H27N3. The molecule has 3 heteroatoms. The number of aromatic nitrogens is 1. The van der Waals surface area contributed by atoms with Gasteiger partial charge in [0.15, 0.2) is 0 Å². The monoisotopic (exact) mass is 285 g/mol. The van der Waals surface area contributed by atoms with Gasteiger partial charge in [0, 0.05) is 42.3 Å². The van der Waals surface area contributed by atoms with Crippen LogP contribution in [0.3, 0.4) is 0 Å². The van der Waals surface area contributed by atoms with Gasteiger partial charge >= 0.3 is 0 Å². The summed E-state index contributed by atoms with van der Waals surface area (Å²) >= 11 is 0. The Kier molecular flexibility index (Phi) is 3.80. The molecule has 1 aromatic heterocycles. The molecule has 0 aliphatic carbocycles. The Labute approximate surface area is 127 Å². The largest absolute Gasteiger partial charge is 0.345 e. The number of fused-ring (bicyclic) bond motifs is 2. The van der Waals surface area contributed by atoms with E-state index >= 15 is 0 Å². The van der Waals surface area contributed by atoms with Crippen LogP contribution < -0.4 is 5.73 Å². The number of aryl methyl sites for hydroxylation is 2. The molecule has 0 spiro atoms. The summed E-state index contributed by atoms with van der Waals surface area (Å²) in [6.07, 6.45) is 2.14. The summed E-state index contributed by atoms with van der Waals surface area (Å²) in [4.78, 5) is 2.38. The quantitative estimate of drug-likeness (QED) is 0.936. The van der Waals surface area contributed by atoms with Crippen molar-refractivity contribution in [1.29, 1.82) is 0 Å². The molecule has 0 amide bonds. The van der Waals surface area contributed by atoms with Crippen molar-refractivity contribution >= 4 is 10.9 Å². The highest BCUT2D eigenvalue weighted by molar-refractivity contribution is 5.87. The van der Waals surface area contributed by atoms with Crippen LogP contribution in [0.5, 0.6) is 0 Å². The Morgan fingerprint density at radius 1 is 1.24 bits per heavy atom. The molecule has 2 aromatic rings. The summed E-state index contributed by atoms with van der Waals surface area (Å²) in [5.41, 5.74) is 13.3. The second-order valence-electron chi connectivity index (χ2n) is 6.63. The van der Waals surface area contributed by atoms with Crippen molar-refractivity contribution in [2.75, 3.05) is 7.05 Å². The first kappa shape index (κ1) is 14.6. The summed E-state index contributed by atoms with van der Waals surface area (Å²) in [5, 5.41) is 1.45. The van der Waals surface area contributed by atoms with Gasteiger partial charge in [0.25, 0.3) is 0 Å². The van der Waals surface area contributed by atoms with Gasteiger partial charge in [0.1, 0.15) is 0 Å². The van der Waals surface area contributed by atoms with Crippen LogP contribution in [0.15, 0.2) is 12.1 Å². The average Bonchev–Trinajstić information content (AvgIpc) is 2.89. The third-order valence-corrected chi connectivity index (χ3v) is 4.82. The SMILES string of the molecule is CCn1c(C)c(CCC(C)N)c2cc3c(cc21)CN(C)C3. The highest BCUT2D eigenvalue weighted by Gasteiger charge is 2.20. The molecule has 0 radical (unpaired) electrons. The van der Waals surface area contributed by atoms with Gasteiger partial charge in [-0.05, 0) is 69.5 Å². The van der Waals surface area contributed by atoms with Gasteiger partial charge < -0.3 is 10.3 Å². The van der Waals surface area contributed by atoms with Crippen molar-refractivity contribution in [3.63, 3.8) is 0 Å². The summed E-state index contributed by atoms with van der Waals surface area (Å²) < 4.78 is 2.46. The maximum Gasteiger partial charge on any atom is 0.0488 e. The first-order chi connectivity index (χ1) is 10.0. The number of rotatable bonds is 4. The van der Waals surface area contributed by atoms with Crippen molar-refractivity contribution in [1.82, 2.24) is 9.47 Å². The van der Waals surface area contributed by atoms with Gasteiger partial charge in [-0.3, -0.25) is 4.90 Å². The molecule has 3 nitrogen and oxygen atoms in total. The smallest absolute Gasteiger partial charge is 0.0488 e. The summed E-state index contributed by atoms with van der Waals surface area (Å²) in [5.74, 6) is 0. The molecule has 3 rings (SSSR count). The van der Waals surface area contributed by atoms with Crippen LogP contribution in [0.25, 0.3) is 10.9 Å². The van der Waals surface area contributed by atoms with E-state index in [9.17, 15) is 0 Å². The fourth-order valence-corrected chi connectivity index (χ4v) is 3.71. The molecule has 1 aliphatic heterocycles. The summed E-state index contributed by atoms with van der Waals surface area (Å²) in [6.45, 7) is 9.79. The summed E-state index contributed by atoms with van der Waals surface area (Å²) in [7, 11) is 2.20. The van der Waals surface area contributed by atoms with Crippen molar-refractivity contribution in [2.45, 2.75) is 59.3 Å². The van der Waals surface area contributed by atoms with E-state index in [1.165, 1.54) is 33.3 Å². The Balaban J connectivity index is 2.13. The molecule has 114 valence electrons. The Bertz CT molecular complexity index is 667. The maximum atomic E-state index is 5.97. The van der Waals surface area contributed by atoms with E-state index in [2.05, 4.69) is 49.4 Å². The van der Waals surface area contributed by atoms with Crippen molar-refractivity contribution in [3.05, 3.63) is 34.5 Å². The highest BCUT2D eigenvalue weighted by Crippen LogP contribution is 2.33. The minimum atomic E-state index is 0.269. The number of hydrogen-bond acceptors (Lipinski definition) is 2. The second kappa shape index (κ2) is 5.47. The van der Waals surface area contributed by atoms with Crippen molar-refractivity contribution in [3.8, 4) is 0 Å². The fraction of sp³-hybridized carbons (Fsp3) is 0.556. The zero-order valence-corrected chi connectivity index (χ0v) is 13.7. The van der Waals surface area contributed by atoms with Crippen LogP contribution in [0, 0.1) is 6.92 Å². The lowest BCUT2D eigenvalue weighted by molar-refractivity contribution is 0.353. The van der Waals surface area contributed by atoms with Gasteiger partial charge in [-0.2, -0.15) is 0 Å². The van der Waals surface area contributed by atoms with Crippen molar-refractivity contribution in [2.24, 2.45) is 5.73 Å². The molecule has 1 atom stereocenters. The van der Waals surface area contributed by atoms with E-state index in [0.29, 0.717) is 0 Å². The maximum absolute atomic E-state index is 5.97. The van der Waals surface area contributed by atoms with Crippen LogP contribution >= 0.6 is 0 Å². The molecule has 0 saturated heterocycles. The Morgan fingerprint density at radius 2 is 1.90 bits per heavy atom. The normalized spacial score (nSPS) is 16.6. The number of benzene rings is 1. The molecule has 2 heterocycles. The Morgan fingerprint density at radius 3 is 2.52 bits per heavy atom. The molecule has 1 unspecified atom stereocenters.